The van der Waals surface area contributed by atoms with Crippen molar-refractivity contribution in [2.24, 2.45) is 0 Å². The van der Waals surface area contributed by atoms with Crippen LogP contribution in [-0.4, -0.2) is 17.7 Å². The van der Waals surface area contributed by atoms with Crippen molar-refractivity contribution in [2.75, 3.05) is 6.61 Å². The van der Waals surface area contributed by atoms with Gasteiger partial charge in [-0.2, -0.15) is 0 Å². The largest absolute Gasteiger partial charge is 0.492 e. The van der Waals surface area contributed by atoms with E-state index in [1.54, 1.807) is 0 Å². The third-order valence-electron chi connectivity index (χ3n) is 1.74. The summed E-state index contributed by atoms with van der Waals surface area (Å²) in [5, 5.41) is 9.35. The first-order valence-electron chi connectivity index (χ1n) is 4.37. The maximum absolute atomic E-state index is 10.5. The Balaban J connectivity index is 3.02. The Kier molecular flexibility index (Phi) is 4.24. The molecule has 0 saturated heterocycles. The molecule has 1 rings (SSSR count). The highest BCUT2D eigenvalue weighted by atomic mass is 35.5. The number of carboxylic acid groups (broad SMARTS) is 1. The van der Waals surface area contributed by atoms with Crippen LogP contribution in [0.2, 0.25) is 10.0 Å². The minimum absolute atomic E-state index is 0.148. The molecule has 0 saturated carbocycles. The zero-order valence-corrected chi connectivity index (χ0v) is 9.60. The van der Waals surface area contributed by atoms with E-state index in [9.17, 15) is 4.79 Å². The molecule has 0 aliphatic carbocycles. The Labute approximate surface area is 97.6 Å². The minimum atomic E-state index is -0.947. The molecular weight excluding hydrogens is 239 g/mol. The van der Waals surface area contributed by atoms with E-state index < -0.39 is 5.97 Å². The van der Waals surface area contributed by atoms with Gasteiger partial charge in [0, 0.05) is 11.1 Å². The van der Waals surface area contributed by atoms with Crippen molar-refractivity contribution in [2.45, 2.75) is 13.3 Å². The number of carbonyl (C=O) groups is 1. The van der Waals surface area contributed by atoms with Crippen molar-refractivity contribution >= 4 is 29.2 Å². The van der Waals surface area contributed by atoms with Crippen molar-refractivity contribution in [3.63, 3.8) is 0 Å². The molecule has 82 valence electrons. The smallest absolute Gasteiger partial charge is 0.307 e. The third kappa shape index (κ3) is 3.29. The van der Waals surface area contributed by atoms with Crippen LogP contribution in [0.15, 0.2) is 12.1 Å². The molecule has 0 fully saturated rings. The Morgan fingerprint density at radius 2 is 2.07 bits per heavy atom. The van der Waals surface area contributed by atoms with Gasteiger partial charge in [-0.3, -0.25) is 4.79 Å². The fraction of sp³-hybridized carbons (Fsp3) is 0.300. The van der Waals surface area contributed by atoms with Gasteiger partial charge in [0.1, 0.15) is 5.75 Å². The van der Waals surface area contributed by atoms with E-state index in [0.717, 1.165) is 0 Å². The summed E-state index contributed by atoms with van der Waals surface area (Å²) in [4.78, 5) is 10.5. The van der Waals surface area contributed by atoms with Crippen molar-refractivity contribution in [1.29, 1.82) is 0 Å². The molecule has 0 atom stereocenters. The summed E-state index contributed by atoms with van der Waals surface area (Å²) in [7, 11) is 0. The molecule has 0 amide bonds. The Morgan fingerprint density at radius 3 is 2.60 bits per heavy atom. The first kappa shape index (κ1) is 12.1. The number of rotatable bonds is 4. The number of ether oxygens (including phenoxy) is 1. The van der Waals surface area contributed by atoms with Crippen LogP contribution < -0.4 is 4.74 Å². The highest BCUT2D eigenvalue weighted by Crippen LogP contribution is 2.31. The fourth-order valence-corrected chi connectivity index (χ4v) is 1.60. The summed E-state index contributed by atoms with van der Waals surface area (Å²) in [5.41, 5.74) is 0.484. The van der Waals surface area contributed by atoms with E-state index in [-0.39, 0.29) is 6.42 Å². The molecule has 5 heteroatoms. The molecule has 0 heterocycles. The molecule has 0 bridgehead atoms. The fourth-order valence-electron chi connectivity index (χ4n) is 1.13. The number of hydrogen-bond acceptors (Lipinski definition) is 2. The van der Waals surface area contributed by atoms with Gasteiger partial charge in [0.2, 0.25) is 0 Å². The van der Waals surface area contributed by atoms with Crippen LogP contribution in [0.4, 0.5) is 0 Å². The van der Waals surface area contributed by atoms with Crippen LogP contribution >= 0.6 is 23.2 Å². The maximum atomic E-state index is 10.5. The Hall–Kier alpha value is -0.930. The zero-order valence-electron chi connectivity index (χ0n) is 8.09. The van der Waals surface area contributed by atoms with Crippen LogP contribution in [0, 0.1) is 0 Å². The second kappa shape index (κ2) is 5.24. The second-order valence-corrected chi connectivity index (χ2v) is 3.69. The minimum Gasteiger partial charge on any atom is -0.492 e. The topological polar surface area (TPSA) is 46.5 Å². The number of halogens is 2. The average Bonchev–Trinajstić information content (AvgIpc) is 2.13. The van der Waals surface area contributed by atoms with E-state index in [0.29, 0.717) is 28.0 Å². The third-order valence-corrected chi connectivity index (χ3v) is 2.39. The standard InChI is InChI=1S/C10H10Cl2O3/c1-2-15-9-5-7(11)6(3-8(9)12)4-10(13)14/h3,5H,2,4H2,1H3,(H,13,14). The lowest BCUT2D eigenvalue weighted by atomic mass is 10.1. The van der Waals surface area contributed by atoms with Crippen molar-refractivity contribution in [3.05, 3.63) is 27.7 Å². The van der Waals surface area contributed by atoms with E-state index in [2.05, 4.69) is 0 Å². The Morgan fingerprint density at radius 1 is 1.40 bits per heavy atom. The molecule has 0 aliphatic rings. The van der Waals surface area contributed by atoms with Gasteiger partial charge in [0.25, 0.3) is 0 Å². The first-order chi connectivity index (χ1) is 7.04. The van der Waals surface area contributed by atoms with Crippen molar-refractivity contribution in [1.82, 2.24) is 0 Å². The lowest BCUT2D eigenvalue weighted by molar-refractivity contribution is -0.136. The zero-order chi connectivity index (χ0) is 11.4. The molecule has 0 radical (unpaired) electrons. The van der Waals surface area contributed by atoms with Gasteiger partial charge in [-0.25, -0.2) is 0 Å². The van der Waals surface area contributed by atoms with Crippen LogP contribution in [0.3, 0.4) is 0 Å². The van der Waals surface area contributed by atoms with Gasteiger partial charge in [-0.05, 0) is 18.6 Å². The normalized spacial score (nSPS) is 10.1. The van der Waals surface area contributed by atoms with Crippen LogP contribution in [0.25, 0.3) is 0 Å². The van der Waals surface area contributed by atoms with Crippen LogP contribution in [0.5, 0.6) is 5.75 Å². The Bertz CT molecular complexity index is 377. The molecule has 3 nitrogen and oxygen atoms in total. The van der Waals surface area contributed by atoms with Gasteiger partial charge in [-0.1, -0.05) is 23.2 Å². The highest BCUT2D eigenvalue weighted by molar-refractivity contribution is 6.34. The predicted molar refractivity (Wildman–Crippen MR) is 59.0 cm³/mol. The summed E-state index contributed by atoms with van der Waals surface area (Å²) in [6, 6.07) is 3.05. The second-order valence-electron chi connectivity index (χ2n) is 2.88. The molecule has 1 N–H and O–H groups in total. The summed E-state index contributed by atoms with van der Waals surface area (Å²) in [6.45, 7) is 2.31. The lowest BCUT2D eigenvalue weighted by Crippen LogP contribution is -2.01. The number of carboxylic acids is 1. The molecular formula is C10H10Cl2O3. The summed E-state index contributed by atoms with van der Waals surface area (Å²) in [5.74, 6) is -0.476. The average molecular weight is 249 g/mol. The number of benzene rings is 1. The molecule has 0 unspecified atom stereocenters. The predicted octanol–water partition coefficient (Wildman–Crippen LogP) is 3.02. The first-order valence-corrected chi connectivity index (χ1v) is 5.12. The quantitative estimate of drug-likeness (QED) is 0.892. The van der Waals surface area contributed by atoms with Crippen LogP contribution in [0.1, 0.15) is 12.5 Å². The van der Waals surface area contributed by atoms with Crippen molar-refractivity contribution < 1.29 is 14.6 Å². The van der Waals surface area contributed by atoms with Gasteiger partial charge in [0.15, 0.2) is 0 Å². The van der Waals surface area contributed by atoms with Gasteiger partial charge >= 0.3 is 5.97 Å². The summed E-state index contributed by atoms with van der Waals surface area (Å²) >= 11 is 11.8. The molecule has 0 aromatic heterocycles. The molecule has 1 aromatic carbocycles. The summed E-state index contributed by atoms with van der Waals surface area (Å²) < 4.78 is 5.21. The van der Waals surface area contributed by atoms with Gasteiger partial charge in [-0.15, -0.1) is 0 Å². The van der Waals surface area contributed by atoms with Crippen molar-refractivity contribution in [3.8, 4) is 5.75 Å². The van der Waals surface area contributed by atoms with E-state index >= 15 is 0 Å². The van der Waals surface area contributed by atoms with Gasteiger partial charge in [0.05, 0.1) is 18.1 Å². The maximum Gasteiger partial charge on any atom is 0.307 e. The molecule has 0 spiro atoms. The molecule has 1 aromatic rings. The van der Waals surface area contributed by atoms with E-state index in [1.165, 1.54) is 12.1 Å². The van der Waals surface area contributed by atoms with Gasteiger partial charge < -0.3 is 9.84 Å². The van der Waals surface area contributed by atoms with Crippen LogP contribution in [-0.2, 0) is 11.2 Å². The summed E-state index contributed by atoms with van der Waals surface area (Å²) in [6.07, 6.45) is -0.148. The molecule has 15 heavy (non-hydrogen) atoms. The number of aliphatic carboxylic acids is 1. The van der Waals surface area contributed by atoms with E-state index in [4.69, 9.17) is 33.0 Å². The lowest BCUT2D eigenvalue weighted by Gasteiger charge is -2.08. The van der Waals surface area contributed by atoms with E-state index in [1.807, 2.05) is 6.92 Å². The highest BCUT2D eigenvalue weighted by Gasteiger charge is 2.10. The SMILES string of the molecule is CCOc1cc(Cl)c(CC(=O)O)cc1Cl. The monoisotopic (exact) mass is 248 g/mol. The number of hydrogen-bond donors (Lipinski definition) is 1. The molecule has 0 aliphatic heterocycles.